The van der Waals surface area contributed by atoms with Gasteiger partial charge in [-0.05, 0) is 6.42 Å². The van der Waals surface area contributed by atoms with E-state index in [1.807, 2.05) is 0 Å². The Balaban J connectivity index is 4.41. The second kappa shape index (κ2) is 11.3. The number of amides is 2. The first-order chi connectivity index (χ1) is 11.8. The third-order valence-corrected chi connectivity index (χ3v) is 3.81. The predicted octanol–water partition coefficient (Wildman–Crippen LogP) is -4.85. The first kappa shape index (κ1) is 23.7. The molecule has 0 bridgehead atoms. The number of aliphatic hydroxyl groups excluding tert-OH is 6. The highest BCUT2D eigenvalue weighted by molar-refractivity contribution is 5.78. The van der Waals surface area contributed by atoms with Crippen LogP contribution in [0.25, 0.3) is 0 Å². The monoisotopic (exact) mass is 367 g/mol. The number of hydrogen-bond acceptors (Lipinski definition) is 9. The predicted molar refractivity (Wildman–Crippen MR) is 86.1 cm³/mol. The van der Waals surface area contributed by atoms with Gasteiger partial charge in [-0.15, -0.1) is 0 Å². The van der Waals surface area contributed by atoms with E-state index >= 15 is 0 Å². The third-order valence-electron chi connectivity index (χ3n) is 3.81. The molecule has 0 aliphatic rings. The van der Waals surface area contributed by atoms with Gasteiger partial charge in [0.25, 0.3) is 0 Å². The maximum Gasteiger partial charge on any atom is 0.222 e. The van der Waals surface area contributed by atoms with Crippen molar-refractivity contribution in [3.63, 3.8) is 0 Å². The van der Waals surface area contributed by atoms with Crippen LogP contribution in [0.15, 0.2) is 0 Å². The summed E-state index contributed by atoms with van der Waals surface area (Å²) in [6.07, 6.45) is -0.219. The van der Waals surface area contributed by atoms with E-state index in [1.54, 1.807) is 0 Å². The van der Waals surface area contributed by atoms with Gasteiger partial charge in [0.05, 0.1) is 39.6 Å². The molecule has 0 saturated heterocycles. The highest BCUT2D eigenvalue weighted by Gasteiger charge is 2.31. The first-order valence-electron chi connectivity index (χ1n) is 7.78. The molecule has 2 amide bonds. The van der Waals surface area contributed by atoms with E-state index in [0.717, 1.165) is 0 Å². The Hall–Kier alpha value is -1.34. The third kappa shape index (κ3) is 7.61. The number of nitrogens with two attached hydrogens (primary N) is 1. The molecule has 148 valence electrons. The van der Waals surface area contributed by atoms with E-state index in [9.17, 15) is 9.59 Å². The van der Waals surface area contributed by atoms with Gasteiger partial charge in [0.2, 0.25) is 11.8 Å². The molecule has 0 rings (SSSR count). The summed E-state index contributed by atoms with van der Waals surface area (Å²) in [7, 11) is 0. The van der Waals surface area contributed by atoms with Gasteiger partial charge in [-0.1, -0.05) is 0 Å². The minimum absolute atomic E-state index is 0.0992. The Morgan fingerprint density at radius 3 is 1.48 bits per heavy atom. The van der Waals surface area contributed by atoms with Gasteiger partial charge < -0.3 is 47.0 Å². The number of hydrogen-bond donors (Lipinski definition) is 9. The van der Waals surface area contributed by atoms with Crippen LogP contribution in [0.4, 0.5) is 0 Å². The molecule has 11 heteroatoms. The molecule has 0 aromatic rings. The quantitative estimate of drug-likeness (QED) is 0.153. The van der Waals surface area contributed by atoms with Gasteiger partial charge in [0.15, 0.2) is 0 Å². The van der Waals surface area contributed by atoms with Crippen LogP contribution in [0, 0.1) is 0 Å². The summed E-state index contributed by atoms with van der Waals surface area (Å²) in [5.74, 6) is -1.18. The fourth-order valence-electron chi connectivity index (χ4n) is 1.90. The molecule has 0 fully saturated rings. The Morgan fingerprint density at radius 1 is 0.760 bits per heavy atom. The average Bonchev–Trinajstić information content (AvgIpc) is 2.62. The smallest absolute Gasteiger partial charge is 0.222 e. The SMILES string of the molecule is NC(CCC(=O)NC(CO)(CO)CO)CC(=O)NC(CO)(CO)CO. The lowest BCUT2D eigenvalue weighted by molar-refractivity contribution is -0.127. The minimum atomic E-state index is -1.54. The minimum Gasteiger partial charge on any atom is -0.394 e. The molecular weight excluding hydrogens is 338 g/mol. The molecule has 25 heavy (non-hydrogen) atoms. The molecular formula is C14H29N3O8. The molecule has 0 saturated carbocycles. The van der Waals surface area contributed by atoms with Gasteiger partial charge in [0.1, 0.15) is 11.1 Å². The molecule has 1 unspecified atom stereocenters. The summed E-state index contributed by atoms with van der Waals surface area (Å²) in [5, 5.41) is 59.4. The fourth-order valence-corrected chi connectivity index (χ4v) is 1.90. The lowest BCUT2D eigenvalue weighted by atomic mass is 10.0. The van der Waals surface area contributed by atoms with E-state index in [4.69, 9.17) is 36.4 Å². The van der Waals surface area contributed by atoms with E-state index in [-0.39, 0.29) is 19.3 Å². The highest BCUT2D eigenvalue weighted by Crippen LogP contribution is 2.07. The van der Waals surface area contributed by atoms with Crippen molar-refractivity contribution in [3.8, 4) is 0 Å². The van der Waals surface area contributed by atoms with Crippen molar-refractivity contribution < 1.29 is 40.2 Å². The average molecular weight is 367 g/mol. The maximum atomic E-state index is 11.8. The maximum absolute atomic E-state index is 11.8. The lowest BCUT2D eigenvalue weighted by Gasteiger charge is -2.29. The van der Waals surface area contributed by atoms with Crippen LogP contribution in [0.1, 0.15) is 19.3 Å². The van der Waals surface area contributed by atoms with E-state index in [1.165, 1.54) is 0 Å². The lowest BCUT2D eigenvalue weighted by Crippen LogP contribution is -2.57. The standard InChI is InChI=1S/C14H29N3O8/c15-10(3-12(25)17-14(7-21,8-22)9-23)1-2-11(24)16-13(4-18,5-19)6-20/h10,18-23H,1-9,15H2,(H,16,24)(H,17,25). The normalized spacial score (nSPS) is 13.4. The first-order valence-corrected chi connectivity index (χ1v) is 7.78. The van der Waals surface area contributed by atoms with Crippen molar-refractivity contribution in [1.29, 1.82) is 0 Å². The number of aliphatic hydroxyl groups is 6. The van der Waals surface area contributed by atoms with E-state index in [0.29, 0.717) is 0 Å². The van der Waals surface area contributed by atoms with Crippen LogP contribution in [0.2, 0.25) is 0 Å². The van der Waals surface area contributed by atoms with Gasteiger partial charge in [-0.25, -0.2) is 0 Å². The van der Waals surface area contributed by atoms with Crippen LogP contribution in [0.3, 0.4) is 0 Å². The Bertz CT molecular complexity index is 396. The van der Waals surface area contributed by atoms with Crippen molar-refractivity contribution in [3.05, 3.63) is 0 Å². The molecule has 0 aliphatic carbocycles. The fraction of sp³-hybridized carbons (Fsp3) is 0.857. The second-order valence-corrected chi connectivity index (χ2v) is 6.11. The number of nitrogens with one attached hydrogen (secondary N) is 2. The molecule has 1 atom stereocenters. The summed E-state index contributed by atoms with van der Waals surface area (Å²) >= 11 is 0. The van der Waals surface area contributed by atoms with Gasteiger partial charge in [-0.3, -0.25) is 9.59 Å². The summed E-state index contributed by atoms with van der Waals surface area (Å²) in [4.78, 5) is 23.6. The molecule has 11 nitrogen and oxygen atoms in total. The van der Waals surface area contributed by atoms with Crippen molar-refractivity contribution in [2.75, 3.05) is 39.6 Å². The van der Waals surface area contributed by atoms with Crippen LogP contribution >= 0.6 is 0 Å². The summed E-state index contributed by atoms with van der Waals surface area (Å²) in [5.41, 5.74) is 2.68. The molecule has 10 N–H and O–H groups in total. The molecule has 0 aromatic carbocycles. The van der Waals surface area contributed by atoms with Crippen molar-refractivity contribution in [2.24, 2.45) is 5.73 Å². The largest absolute Gasteiger partial charge is 0.394 e. The Morgan fingerprint density at radius 2 is 1.12 bits per heavy atom. The number of rotatable bonds is 13. The highest BCUT2D eigenvalue weighted by atomic mass is 16.3. The molecule has 0 aromatic heterocycles. The van der Waals surface area contributed by atoms with E-state index in [2.05, 4.69) is 10.6 Å². The van der Waals surface area contributed by atoms with Gasteiger partial charge in [-0.2, -0.15) is 0 Å². The van der Waals surface area contributed by atoms with Crippen molar-refractivity contribution >= 4 is 11.8 Å². The van der Waals surface area contributed by atoms with Gasteiger partial charge in [0, 0.05) is 18.9 Å². The second-order valence-electron chi connectivity index (χ2n) is 6.11. The zero-order chi connectivity index (χ0) is 19.5. The molecule has 0 radical (unpaired) electrons. The van der Waals surface area contributed by atoms with E-state index < -0.39 is 68.6 Å². The van der Waals surface area contributed by atoms with Gasteiger partial charge >= 0.3 is 0 Å². The number of carbonyl (C=O) groups excluding carboxylic acids is 2. The van der Waals surface area contributed by atoms with Crippen molar-refractivity contribution in [2.45, 2.75) is 36.4 Å². The summed E-state index contributed by atoms with van der Waals surface area (Å²) in [6, 6.07) is -0.716. The zero-order valence-corrected chi connectivity index (χ0v) is 14.0. The van der Waals surface area contributed by atoms with Crippen LogP contribution in [-0.4, -0.2) is 99.2 Å². The molecule has 0 spiro atoms. The Labute approximate surface area is 145 Å². The zero-order valence-electron chi connectivity index (χ0n) is 14.0. The van der Waals surface area contributed by atoms with Crippen LogP contribution < -0.4 is 16.4 Å². The van der Waals surface area contributed by atoms with Crippen molar-refractivity contribution in [1.82, 2.24) is 10.6 Å². The Kier molecular flexibility index (Phi) is 10.7. The molecule has 0 heterocycles. The van der Waals surface area contributed by atoms with Crippen LogP contribution in [-0.2, 0) is 9.59 Å². The summed E-state index contributed by atoms with van der Waals surface area (Å²) in [6.45, 7) is -3.91. The summed E-state index contributed by atoms with van der Waals surface area (Å²) < 4.78 is 0. The van der Waals surface area contributed by atoms with Crippen LogP contribution in [0.5, 0.6) is 0 Å². The topological polar surface area (TPSA) is 206 Å². The molecule has 0 aliphatic heterocycles. The number of carbonyl (C=O) groups is 2.